The smallest absolute Gasteiger partial charge is 0.241 e. The normalized spacial score (nSPS) is 31.2. The van der Waals surface area contributed by atoms with Crippen molar-refractivity contribution in [1.29, 1.82) is 0 Å². The van der Waals surface area contributed by atoms with Crippen molar-refractivity contribution >= 4 is 11.6 Å². The Labute approximate surface area is 90.6 Å². The second-order valence-corrected chi connectivity index (χ2v) is 4.37. The number of hydrogen-bond donors (Lipinski definition) is 2. The first-order valence-corrected chi connectivity index (χ1v) is 5.13. The summed E-state index contributed by atoms with van der Waals surface area (Å²) in [6.07, 6.45) is 0.727. The quantitative estimate of drug-likeness (QED) is 0.698. The molecule has 3 rings (SSSR count). The van der Waals surface area contributed by atoms with Gasteiger partial charge in [-0.05, 0) is 29.9 Å². The van der Waals surface area contributed by atoms with Crippen LogP contribution in [0.15, 0.2) is 12.1 Å². The molecule has 0 saturated heterocycles. The van der Waals surface area contributed by atoms with Gasteiger partial charge in [0.15, 0.2) is 0 Å². The van der Waals surface area contributed by atoms with E-state index in [0.717, 1.165) is 12.5 Å². The van der Waals surface area contributed by atoms with Crippen molar-refractivity contribution < 1.29 is 13.6 Å². The second-order valence-electron chi connectivity index (χ2n) is 4.37. The molecule has 2 aliphatic rings. The molecule has 1 heterocycles. The third-order valence-corrected chi connectivity index (χ3v) is 3.34. The average molecular weight is 224 g/mol. The summed E-state index contributed by atoms with van der Waals surface area (Å²) in [4.78, 5) is 11.6. The highest BCUT2D eigenvalue weighted by molar-refractivity contribution is 5.97. The molecule has 84 valence electrons. The zero-order valence-corrected chi connectivity index (χ0v) is 8.34. The zero-order valence-electron chi connectivity index (χ0n) is 8.34. The number of carbonyl (C=O) groups is 1. The van der Waals surface area contributed by atoms with Crippen LogP contribution >= 0.6 is 0 Å². The van der Waals surface area contributed by atoms with Crippen LogP contribution in [0.2, 0.25) is 0 Å². The number of rotatable bonds is 0. The molecule has 1 aliphatic carbocycles. The van der Waals surface area contributed by atoms with E-state index in [0.29, 0.717) is 5.56 Å². The van der Waals surface area contributed by atoms with E-state index in [2.05, 4.69) is 5.32 Å². The van der Waals surface area contributed by atoms with E-state index < -0.39 is 23.6 Å². The minimum atomic E-state index is -0.733. The van der Waals surface area contributed by atoms with Crippen LogP contribution in [-0.4, -0.2) is 11.9 Å². The highest BCUT2D eigenvalue weighted by Crippen LogP contribution is 2.53. The number of anilines is 1. The van der Waals surface area contributed by atoms with Gasteiger partial charge in [0.25, 0.3) is 0 Å². The molecule has 0 bridgehead atoms. The van der Waals surface area contributed by atoms with Crippen molar-refractivity contribution in [3.63, 3.8) is 0 Å². The Morgan fingerprint density at radius 2 is 2.12 bits per heavy atom. The van der Waals surface area contributed by atoms with Gasteiger partial charge in [0.2, 0.25) is 5.91 Å². The summed E-state index contributed by atoms with van der Waals surface area (Å²) in [7, 11) is 0. The molecule has 0 aromatic heterocycles. The number of halogens is 2. The molecule has 2 unspecified atom stereocenters. The van der Waals surface area contributed by atoms with E-state index in [1.54, 1.807) is 0 Å². The molecular formula is C11H10F2N2O. The van der Waals surface area contributed by atoms with E-state index in [9.17, 15) is 13.6 Å². The molecule has 1 fully saturated rings. The number of fused-ring (bicyclic) bond motifs is 3. The number of amides is 1. The van der Waals surface area contributed by atoms with Gasteiger partial charge in [-0.1, -0.05) is 0 Å². The van der Waals surface area contributed by atoms with Crippen LogP contribution in [0.3, 0.4) is 0 Å². The maximum absolute atomic E-state index is 13.5. The van der Waals surface area contributed by atoms with E-state index in [1.807, 2.05) is 0 Å². The lowest BCUT2D eigenvalue weighted by Crippen LogP contribution is -2.36. The summed E-state index contributed by atoms with van der Waals surface area (Å²) in [5.41, 5.74) is 6.32. The Kier molecular flexibility index (Phi) is 1.83. The van der Waals surface area contributed by atoms with Crippen LogP contribution in [0, 0.1) is 17.6 Å². The van der Waals surface area contributed by atoms with Gasteiger partial charge in [-0.3, -0.25) is 4.79 Å². The largest absolute Gasteiger partial charge is 0.322 e. The zero-order chi connectivity index (χ0) is 11.4. The van der Waals surface area contributed by atoms with Gasteiger partial charge < -0.3 is 11.1 Å². The summed E-state index contributed by atoms with van der Waals surface area (Å²) >= 11 is 0. The van der Waals surface area contributed by atoms with Crippen molar-refractivity contribution in [3.05, 3.63) is 29.3 Å². The lowest BCUT2D eigenvalue weighted by Gasteiger charge is -2.10. The maximum Gasteiger partial charge on any atom is 0.241 e. The molecule has 0 radical (unpaired) electrons. The van der Waals surface area contributed by atoms with Gasteiger partial charge in [0.1, 0.15) is 11.6 Å². The number of nitrogens with two attached hydrogens (primary N) is 1. The Morgan fingerprint density at radius 3 is 2.88 bits per heavy atom. The molecule has 1 aromatic rings. The van der Waals surface area contributed by atoms with Crippen LogP contribution in [0.4, 0.5) is 14.5 Å². The summed E-state index contributed by atoms with van der Waals surface area (Å²) in [5, 5.41) is 2.42. The lowest BCUT2D eigenvalue weighted by molar-refractivity contribution is -0.117. The lowest BCUT2D eigenvalue weighted by atomic mass is 10.1. The molecule has 1 aliphatic heterocycles. The monoisotopic (exact) mass is 224 g/mol. The third-order valence-electron chi connectivity index (χ3n) is 3.34. The van der Waals surface area contributed by atoms with Gasteiger partial charge in [-0.25, -0.2) is 8.78 Å². The molecule has 3 nitrogen and oxygen atoms in total. The van der Waals surface area contributed by atoms with Crippen LogP contribution in [0.5, 0.6) is 0 Å². The van der Waals surface area contributed by atoms with Crippen LogP contribution in [0.1, 0.15) is 17.9 Å². The minimum Gasteiger partial charge on any atom is -0.322 e. The van der Waals surface area contributed by atoms with E-state index in [-0.39, 0.29) is 17.5 Å². The highest BCUT2D eigenvalue weighted by Gasteiger charge is 2.49. The fourth-order valence-electron chi connectivity index (χ4n) is 2.39. The predicted octanol–water partition coefficient (Wildman–Crippen LogP) is 1.35. The second kappa shape index (κ2) is 3.01. The molecule has 1 saturated carbocycles. The first kappa shape index (κ1) is 9.72. The third kappa shape index (κ3) is 1.24. The van der Waals surface area contributed by atoms with Gasteiger partial charge in [0.05, 0.1) is 11.7 Å². The molecular weight excluding hydrogens is 214 g/mol. The summed E-state index contributed by atoms with van der Waals surface area (Å²) < 4.78 is 26.6. The van der Waals surface area contributed by atoms with Gasteiger partial charge in [0, 0.05) is 6.07 Å². The maximum atomic E-state index is 13.5. The van der Waals surface area contributed by atoms with Crippen LogP contribution < -0.4 is 11.1 Å². The number of benzene rings is 1. The molecule has 3 N–H and O–H groups in total. The van der Waals surface area contributed by atoms with E-state index in [1.165, 1.54) is 6.07 Å². The van der Waals surface area contributed by atoms with Gasteiger partial charge >= 0.3 is 0 Å². The summed E-state index contributed by atoms with van der Waals surface area (Å²) in [6.45, 7) is 0. The molecule has 0 spiro atoms. The first-order valence-electron chi connectivity index (χ1n) is 5.13. The number of hydrogen-bond acceptors (Lipinski definition) is 2. The molecule has 1 aromatic carbocycles. The van der Waals surface area contributed by atoms with Crippen molar-refractivity contribution in [1.82, 2.24) is 0 Å². The topological polar surface area (TPSA) is 55.1 Å². The molecule has 16 heavy (non-hydrogen) atoms. The molecule has 5 heteroatoms. The van der Waals surface area contributed by atoms with Crippen molar-refractivity contribution in [3.8, 4) is 0 Å². The fourth-order valence-corrected chi connectivity index (χ4v) is 2.39. The van der Waals surface area contributed by atoms with E-state index in [4.69, 9.17) is 5.73 Å². The van der Waals surface area contributed by atoms with E-state index >= 15 is 0 Å². The molecule has 3 atom stereocenters. The summed E-state index contributed by atoms with van der Waals surface area (Å²) in [6, 6.07) is 1.43. The number of nitrogens with one attached hydrogen (secondary N) is 1. The Morgan fingerprint density at radius 1 is 1.38 bits per heavy atom. The number of carbonyl (C=O) groups excluding carboxylic acids is 1. The average Bonchev–Trinajstić information content (AvgIpc) is 2.99. The van der Waals surface area contributed by atoms with Crippen LogP contribution in [0.25, 0.3) is 0 Å². The summed E-state index contributed by atoms with van der Waals surface area (Å²) in [5.74, 6) is -1.72. The highest BCUT2D eigenvalue weighted by atomic mass is 19.1. The SMILES string of the molecule is N[C@@H]1C(=O)Nc2c(F)cc(F)cc2C2CC21. The van der Waals surface area contributed by atoms with Crippen LogP contribution in [-0.2, 0) is 4.79 Å². The van der Waals surface area contributed by atoms with Crippen molar-refractivity contribution in [2.45, 2.75) is 18.4 Å². The minimum absolute atomic E-state index is 0.00847. The van der Waals surface area contributed by atoms with Crippen molar-refractivity contribution in [2.24, 2.45) is 11.7 Å². The van der Waals surface area contributed by atoms with Gasteiger partial charge in [-0.15, -0.1) is 0 Å². The van der Waals surface area contributed by atoms with Crippen molar-refractivity contribution in [2.75, 3.05) is 5.32 Å². The Bertz CT molecular complexity index is 489. The fraction of sp³-hybridized carbons (Fsp3) is 0.364. The molecule has 1 amide bonds. The Balaban J connectivity index is 2.15. The predicted molar refractivity (Wildman–Crippen MR) is 53.8 cm³/mol. The first-order chi connectivity index (χ1) is 7.58. The standard InChI is InChI=1S/C11H10F2N2O/c12-4-1-7-5-3-6(5)9(14)11(16)15-10(7)8(13)2-4/h1-2,5-6,9H,3,14H2,(H,15,16)/t5?,6?,9-/m0/s1. The Hall–Kier alpha value is -1.49. The van der Waals surface area contributed by atoms with Gasteiger partial charge in [-0.2, -0.15) is 0 Å².